The summed E-state index contributed by atoms with van der Waals surface area (Å²) in [5.74, 6) is -1.37. The highest BCUT2D eigenvalue weighted by atomic mass is 19.4. The van der Waals surface area contributed by atoms with Crippen LogP contribution in [0.15, 0.2) is 12.7 Å². The van der Waals surface area contributed by atoms with Crippen LogP contribution < -0.4 is 5.32 Å². The summed E-state index contributed by atoms with van der Waals surface area (Å²) < 4.78 is 41.5. The van der Waals surface area contributed by atoms with Crippen molar-refractivity contribution in [2.45, 2.75) is 18.6 Å². The van der Waals surface area contributed by atoms with Gasteiger partial charge in [-0.3, -0.25) is 5.32 Å². The first-order valence-corrected chi connectivity index (χ1v) is 3.80. The van der Waals surface area contributed by atoms with Crippen molar-refractivity contribution in [3.8, 4) is 0 Å². The van der Waals surface area contributed by atoms with E-state index in [0.717, 1.165) is 14.0 Å². The Morgan fingerprint density at radius 2 is 2.07 bits per heavy atom. The molecule has 0 aliphatic rings. The van der Waals surface area contributed by atoms with Crippen molar-refractivity contribution < 1.29 is 22.7 Å². The van der Waals surface area contributed by atoms with Gasteiger partial charge in [-0.1, -0.05) is 6.08 Å². The molecular weight excluding hydrogens is 199 g/mol. The quantitative estimate of drug-likeness (QED) is 0.562. The number of nitrogens with one attached hydrogen (secondary N) is 1. The van der Waals surface area contributed by atoms with E-state index in [-0.39, 0.29) is 6.54 Å². The molecular formula is C8H12F3NO2. The predicted octanol–water partition coefficient (Wildman–Crippen LogP) is 1.26. The lowest BCUT2D eigenvalue weighted by Crippen LogP contribution is -2.60. The first kappa shape index (κ1) is 13.0. The lowest BCUT2D eigenvalue weighted by atomic mass is 10.0. The Morgan fingerprint density at radius 3 is 2.36 bits per heavy atom. The van der Waals surface area contributed by atoms with Gasteiger partial charge in [0.25, 0.3) is 0 Å². The summed E-state index contributed by atoms with van der Waals surface area (Å²) >= 11 is 0. The first-order valence-electron chi connectivity index (χ1n) is 3.80. The Labute approximate surface area is 79.9 Å². The van der Waals surface area contributed by atoms with Gasteiger partial charge in [-0.25, -0.2) is 4.79 Å². The van der Waals surface area contributed by atoms with Crippen molar-refractivity contribution in [1.29, 1.82) is 0 Å². The number of halogens is 3. The maximum absolute atomic E-state index is 12.5. The van der Waals surface area contributed by atoms with Crippen molar-refractivity contribution in [2.24, 2.45) is 0 Å². The normalized spacial score (nSPS) is 15.8. The zero-order chi connectivity index (χ0) is 11.4. The number of esters is 1. The number of carbonyl (C=O) groups is 1. The SMILES string of the molecule is C=CCNC(C)(C(=O)OC)C(F)(F)F. The smallest absolute Gasteiger partial charge is 0.417 e. The number of rotatable bonds is 4. The molecule has 0 aliphatic heterocycles. The minimum absolute atomic E-state index is 0.134. The molecule has 3 nitrogen and oxygen atoms in total. The Bertz CT molecular complexity index is 227. The van der Waals surface area contributed by atoms with Crippen LogP contribution in [0.1, 0.15) is 6.92 Å². The molecule has 0 bridgehead atoms. The van der Waals surface area contributed by atoms with Gasteiger partial charge in [0.05, 0.1) is 7.11 Å². The van der Waals surface area contributed by atoms with Crippen molar-refractivity contribution in [2.75, 3.05) is 13.7 Å². The molecule has 0 spiro atoms. The number of hydrogen-bond donors (Lipinski definition) is 1. The van der Waals surface area contributed by atoms with Gasteiger partial charge in [-0.2, -0.15) is 13.2 Å². The van der Waals surface area contributed by atoms with Crippen LogP contribution in [0.5, 0.6) is 0 Å². The fourth-order valence-corrected chi connectivity index (χ4v) is 0.769. The highest BCUT2D eigenvalue weighted by molar-refractivity contribution is 5.81. The molecule has 0 saturated carbocycles. The second kappa shape index (κ2) is 4.45. The molecule has 14 heavy (non-hydrogen) atoms. The molecule has 0 heterocycles. The van der Waals surface area contributed by atoms with Crippen LogP contribution in [0, 0.1) is 0 Å². The van der Waals surface area contributed by atoms with E-state index < -0.39 is 17.7 Å². The predicted molar refractivity (Wildman–Crippen MR) is 44.7 cm³/mol. The van der Waals surface area contributed by atoms with Gasteiger partial charge in [-0.05, 0) is 6.92 Å². The molecule has 0 fully saturated rings. The Balaban J connectivity index is 4.85. The third-order valence-electron chi connectivity index (χ3n) is 1.76. The van der Waals surface area contributed by atoms with E-state index in [2.05, 4.69) is 11.3 Å². The monoisotopic (exact) mass is 211 g/mol. The zero-order valence-corrected chi connectivity index (χ0v) is 7.94. The molecule has 0 radical (unpaired) electrons. The van der Waals surface area contributed by atoms with E-state index in [1.807, 2.05) is 5.32 Å². The lowest BCUT2D eigenvalue weighted by Gasteiger charge is -2.29. The number of alkyl halides is 3. The molecule has 1 N–H and O–H groups in total. The minimum atomic E-state index is -4.71. The van der Waals surface area contributed by atoms with Crippen molar-refractivity contribution >= 4 is 5.97 Å². The van der Waals surface area contributed by atoms with Gasteiger partial charge in [0.15, 0.2) is 0 Å². The molecule has 0 aromatic heterocycles. The van der Waals surface area contributed by atoms with Gasteiger partial charge < -0.3 is 4.74 Å². The summed E-state index contributed by atoms with van der Waals surface area (Å²) in [5.41, 5.74) is -2.68. The van der Waals surface area contributed by atoms with Crippen LogP contribution in [0.4, 0.5) is 13.2 Å². The summed E-state index contributed by atoms with van der Waals surface area (Å²) in [6.07, 6.45) is -3.48. The van der Waals surface area contributed by atoms with Gasteiger partial charge in [0.2, 0.25) is 5.54 Å². The third-order valence-corrected chi connectivity index (χ3v) is 1.76. The average Bonchev–Trinajstić information content (AvgIpc) is 2.10. The molecule has 0 rings (SSSR count). The number of methoxy groups -OCH3 is 1. The molecule has 0 aromatic carbocycles. The fraction of sp³-hybridized carbons (Fsp3) is 0.625. The topological polar surface area (TPSA) is 38.3 Å². The van der Waals surface area contributed by atoms with Gasteiger partial charge in [0, 0.05) is 6.54 Å². The van der Waals surface area contributed by atoms with Crippen LogP contribution in [-0.4, -0.2) is 31.3 Å². The van der Waals surface area contributed by atoms with Crippen molar-refractivity contribution in [3.05, 3.63) is 12.7 Å². The highest BCUT2D eigenvalue weighted by Gasteiger charge is 2.57. The number of carbonyl (C=O) groups excluding carboxylic acids is 1. The van der Waals surface area contributed by atoms with Crippen LogP contribution in [0.25, 0.3) is 0 Å². The van der Waals surface area contributed by atoms with Gasteiger partial charge >= 0.3 is 12.1 Å². The van der Waals surface area contributed by atoms with E-state index in [0.29, 0.717) is 0 Å². The first-order chi connectivity index (χ1) is 6.29. The molecule has 1 unspecified atom stereocenters. The Morgan fingerprint density at radius 1 is 1.57 bits per heavy atom. The van der Waals surface area contributed by atoms with E-state index in [9.17, 15) is 18.0 Å². The van der Waals surface area contributed by atoms with E-state index in [1.165, 1.54) is 6.08 Å². The zero-order valence-electron chi connectivity index (χ0n) is 7.94. The second-order valence-electron chi connectivity index (χ2n) is 2.78. The molecule has 1 atom stereocenters. The standard InChI is InChI=1S/C8H12F3NO2/c1-4-5-12-7(2,6(13)14-3)8(9,10)11/h4,12H,1,5H2,2-3H3. The van der Waals surface area contributed by atoms with Crippen LogP contribution in [0.3, 0.4) is 0 Å². The summed E-state index contributed by atoms with van der Waals surface area (Å²) in [5, 5.41) is 2.02. The molecule has 0 amide bonds. The van der Waals surface area contributed by atoms with Crippen molar-refractivity contribution in [3.63, 3.8) is 0 Å². The average molecular weight is 211 g/mol. The summed E-state index contributed by atoms with van der Waals surface area (Å²) in [6, 6.07) is 0. The lowest BCUT2D eigenvalue weighted by molar-refractivity contribution is -0.207. The molecule has 0 aromatic rings. The fourth-order valence-electron chi connectivity index (χ4n) is 0.769. The molecule has 0 saturated heterocycles. The van der Waals surface area contributed by atoms with Crippen LogP contribution in [-0.2, 0) is 9.53 Å². The largest absolute Gasteiger partial charge is 0.467 e. The maximum Gasteiger partial charge on any atom is 0.417 e. The number of ether oxygens (including phenoxy) is 1. The maximum atomic E-state index is 12.5. The highest BCUT2D eigenvalue weighted by Crippen LogP contribution is 2.30. The van der Waals surface area contributed by atoms with Gasteiger partial charge in [-0.15, -0.1) is 6.58 Å². The van der Waals surface area contributed by atoms with E-state index >= 15 is 0 Å². The summed E-state index contributed by atoms with van der Waals surface area (Å²) in [6.45, 7) is 3.84. The van der Waals surface area contributed by atoms with Crippen LogP contribution >= 0.6 is 0 Å². The van der Waals surface area contributed by atoms with Crippen molar-refractivity contribution in [1.82, 2.24) is 5.32 Å². The summed E-state index contributed by atoms with van der Waals surface area (Å²) in [4.78, 5) is 10.9. The molecule has 0 aliphatic carbocycles. The Kier molecular flexibility index (Phi) is 4.12. The minimum Gasteiger partial charge on any atom is -0.467 e. The Hall–Kier alpha value is -1.04. The van der Waals surface area contributed by atoms with Gasteiger partial charge in [0.1, 0.15) is 0 Å². The van der Waals surface area contributed by atoms with Crippen LogP contribution in [0.2, 0.25) is 0 Å². The number of hydrogen-bond acceptors (Lipinski definition) is 3. The second-order valence-corrected chi connectivity index (χ2v) is 2.78. The molecule has 6 heteroatoms. The third kappa shape index (κ3) is 2.47. The van der Waals surface area contributed by atoms with E-state index in [1.54, 1.807) is 0 Å². The van der Waals surface area contributed by atoms with E-state index in [4.69, 9.17) is 0 Å². The summed E-state index contributed by atoms with van der Waals surface area (Å²) in [7, 11) is 0.905. The molecule has 82 valence electrons.